The number of benzene rings is 2. The van der Waals surface area contributed by atoms with Crippen molar-refractivity contribution in [2.24, 2.45) is 7.05 Å². The highest BCUT2D eigenvalue weighted by Gasteiger charge is 2.30. The van der Waals surface area contributed by atoms with Gasteiger partial charge in [0.2, 0.25) is 11.8 Å². The topological polar surface area (TPSA) is 102 Å². The molecule has 3 aromatic rings. The number of hydrogen-bond acceptors (Lipinski definition) is 5. The van der Waals surface area contributed by atoms with Gasteiger partial charge in [0.05, 0.1) is 5.92 Å². The first-order valence-electron chi connectivity index (χ1n) is 8.14. The molecule has 0 spiro atoms. The number of aromatic nitrogens is 4. The molecular weight excluding hydrogens is 332 g/mol. The summed E-state index contributed by atoms with van der Waals surface area (Å²) in [7, 11) is 1.75. The fourth-order valence-electron chi connectivity index (χ4n) is 3.08. The van der Waals surface area contributed by atoms with Crippen LogP contribution >= 0.6 is 0 Å². The predicted octanol–water partition coefficient (Wildman–Crippen LogP) is 1.94. The Hall–Kier alpha value is -3.55. The maximum absolute atomic E-state index is 12.8. The van der Waals surface area contributed by atoms with Gasteiger partial charge in [-0.1, -0.05) is 30.3 Å². The van der Waals surface area contributed by atoms with E-state index in [1.807, 2.05) is 30.3 Å². The van der Waals surface area contributed by atoms with Crippen molar-refractivity contribution in [2.45, 2.75) is 12.3 Å². The Kier molecular flexibility index (Phi) is 3.92. The van der Waals surface area contributed by atoms with Crippen LogP contribution in [0.3, 0.4) is 0 Å². The largest absolute Gasteiger partial charge is 0.326 e. The van der Waals surface area contributed by atoms with Gasteiger partial charge in [-0.25, -0.2) is 4.68 Å². The molecule has 1 aliphatic rings. The van der Waals surface area contributed by atoms with Crippen molar-refractivity contribution in [3.05, 3.63) is 54.1 Å². The van der Waals surface area contributed by atoms with E-state index < -0.39 is 5.92 Å². The minimum absolute atomic E-state index is 0.121. The molecule has 8 nitrogen and oxygen atoms in total. The molecule has 0 aliphatic carbocycles. The van der Waals surface area contributed by atoms with Crippen LogP contribution in [0.4, 0.5) is 11.4 Å². The summed E-state index contributed by atoms with van der Waals surface area (Å²) in [6, 6.07) is 14.6. The van der Waals surface area contributed by atoms with Crippen molar-refractivity contribution in [3.63, 3.8) is 0 Å². The van der Waals surface area contributed by atoms with Gasteiger partial charge >= 0.3 is 0 Å². The van der Waals surface area contributed by atoms with Crippen LogP contribution in [0.1, 0.15) is 17.9 Å². The lowest BCUT2D eigenvalue weighted by molar-refractivity contribution is -0.123. The number of nitrogens with zero attached hydrogens (tertiary/aromatic N) is 4. The van der Waals surface area contributed by atoms with E-state index in [-0.39, 0.29) is 18.2 Å². The maximum atomic E-state index is 12.8. The van der Waals surface area contributed by atoms with Crippen molar-refractivity contribution < 1.29 is 9.59 Å². The van der Waals surface area contributed by atoms with Gasteiger partial charge in [0.15, 0.2) is 5.82 Å². The van der Waals surface area contributed by atoms with E-state index in [2.05, 4.69) is 26.2 Å². The molecule has 130 valence electrons. The van der Waals surface area contributed by atoms with Crippen LogP contribution in [0.5, 0.6) is 0 Å². The quantitative estimate of drug-likeness (QED) is 0.753. The van der Waals surface area contributed by atoms with Crippen molar-refractivity contribution in [3.8, 4) is 11.4 Å². The molecule has 2 aromatic carbocycles. The molecule has 2 N–H and O–H groups in total. The third-order valence-corrected chi connectivity index (χ3v) is 4.32. The van der Waals surface area contributed by atoms with E-state index in [1.54, 1.807) is 29.9 Å². The molecule has 0 saturated carbocycles. The van der Waals surface area contributed by atoms with E-state index in [4.69, 9.17) is 0 Å². The average molecular weight is 348 g/mol. The summed E-state index contributed by atoms with van der Waals surface area (Å²) in [4.78, 5) is 24.7. The third kappa shape index (κ3) is 2.92. The first-order valence-corrected chi connectivity index (χ1v) is 8.14. The number of fused-ring (bicyclic) bond motifs is 1. The average Bonchev–Trinajstić information content (AvgIpc) is 3.07. The second kappa shape index (κ2) is 6.40. The highest BCUT2D eigenvalue weighted by Crippen LogP contribution is 2.33. The summed E-state index contributed by atoms with van der Waals surface area (Å²) in [6.45, 7) is 0. The summed E-state index contributed by atoms with van der Waals surface area (Å²) < 4.78 is 1.56. The normalized spacial score (nSPS) is 15.9. The van der Waals surface area contributed by atoms with Crippen LogP contribution in [0.2, 0.25) is 0 Å². The van der Waals surface area contributed by atoms with Crippen LogP contribution in [0.25, 0.3) is 11.4 Å². The predicted molar refractivity (Wildman–Crippen MR) is 95.3 cm³/mol. The van der Waals surface area contributed by atoms with Gasteiger partial charge in [0.1, 0.15) is 0 Å². The van der Waals surface area contributed by atoms with E-state index in [0.717, 1.165) is 11.1 Å². The Morgan fingerprint density at radius 3 is 2.88 bits per heavy atom. The molecule has 1 aliphatic heterocycles. The number of tetrazole rings is 1. The number of anilines is 2. The first-order chi connectivity index (χ1) is 12.6. The highest BCUT2D eigenvalue weighted by atomic mass is 16.2. The zero-order valence-electron chi connectivity index (χ0n) is 14.0. The summed E-state index contributed by atoms with van der Waals surface area (Å²) in [5, 5.41) is 17.1. The Morgan fingerprint density at radius 2 is 2.08 bits per heavy atom. The van der Waals surface area contributed by atoms with Crippen molar-refractivity contribution in [2.75, 3.05) is 10.6 Å². The SMILES string of the molecule is Cn1nnnc1-c1cccc(NC(=O)C2CC(=O)Nc3ccccc32)c1. The number of carbonyl (C=O) groups excluding carboxylic acids is 2. The molecule has 2 amide bonds. The Balaban J connectivity index is 1.60. The number of nitrogens with one attached hydrogen (secondary N) is 2. The van der Waals surface area contributed by atoms with Gasteiger partial charge in [-0.15, -0.1) is 5.10 Å². The Morgan fingerprint density at radius 1 is 1.23 bits per heavy atom. The van der Waals surface area contributed by atoms with Crippen molar-refractivity contribution >= 4 is 23.2 Å². The summed E-state index contributed by atoms with van der Waals surface area (Å²) >= 11 is 0. The molecule has 0 saturated heterocycles. The van der Waals surface area contributed by atoms with Crippen molar-refractivity contribution in [1.82, 2.24) is 20.2 Å². The monoisotopic (exact) mass is 348 g/mol. The van der Waals surface area contributed by atoms with Gasteiger partial charge in [0, 0.05) is 30.4 Å². The van der Waals surface area contributed by atoms with Crippen LogP contribution in [-0.4, -0.2) is 32.0 Å². The minimum Gasteiger partial charge on any atom is -0.326 e. The fourth-order valence-corrected chi connectivity index (χ4v) is 3.08. The number of amides is 2. The molecule has 0 fully saturated rings. The van der Waals surface area contributed by atoms with Gasteiger partial charge in [0.25, 0.3) is 0 Å². The number of hydrogen-bond donors (Lipinski definition) is 2. The number of rotatable bonds is 3. The number of carbonyl (C=O) groups is 2. The van der Waals surface area contributed by atoms with E-state index >= 15 is 0 Å². The minimum atomic E-state index is -0.528. The zero-order valence-corrected chi connectivity index (χ0v) is 14.0. The van der Waals surface area contributed by atoms with E-state index in [9.17, 15) is 9.59 Å². The van der Waals surface area contributed by atoms with Crippen LogP contribution in [0.15, 0.2) is 48.5 Å². The third-order valence-electron chi connectivity index (χ3n) is 4.32. The van der Waals surface area contributed by atoms with Crippen molar-refractivity contribution in [1.29, 1.82) is 0 Å². The molecule has 0 radical (unpaired) electrons. The standard InChI is InChI=1S/C18H16N6O2/c1-24-17(21-22-23-24)11-5-4-6-12(9-11)19-18(26)14-10-16(25)20-15-8-3-2-7-13(14)15/h2-9,14H,10H2,1H3,(H,19,26)(H,20,25). The molecule has 4 rings (SSSR count). The molecule has 2 heterocycles. The molecule has 0 bridgehead atoms. The Bertz CT molecular complexity index is 997. The smallest absolute Gasteiger partial charge is 0.232 e. The molecule has 1 atom stereocenters. The van der Waals surface area contributed by atoms with Gasteiger partial charge in [-0.3, -0.25) is 9.59 Å². The lowest BCUT2D eigenvalue weighted by Gasteiger charge is -2.24. The fraction of sp³-hybridized carbons (Fsp3) is 0.167. The Labute approximate surface area is 149 Å². The van der Waals surface area contributed by atoms with Gasteiger partial charge in [-0.2, -0.15) is 0 Å². The molecule has 8 heteroatoms. The molecule has 1 aromatic heterocycles. The van der Waals surface area contributed by atoms with Crippen LogP contribution in [0, 0.1) is 0 Å². The number of aryl methyl sites for hydroxylation is 1. The second-order valence-corrected chi connectivity index (χ2v) is 6.09. The van der Waals surface area contributed by atoms with E-state index in [1.165, 1.54) is 0 Å². The highest BCUT2D eigenvalue weighted by molar-refractivity contribution is 6.05. The first kappa shape index (κ1) is 15.9. The van der Waals surface area contributed by atoms with Gasteiger partial charge in [-0.05, 0) is 34.2 Å². The lowest BCUT2D eigenvalue weighted by Crippen LogP contribution is -2.30. The maximum Gasteiger partial charge on any atom is 0.232 e. The number of para-hydroxylation sites is 1. The van der Waals surface area contributed by atoms with Crippen LogP contribution < -0.4 is 10.6 Å². The molecular formula is C18H16N6O2. The summed E-state index contributed by atoms with van der Waals surface area (Å²) in [5.74, 6) is -0.313. The molecule has 26 heavy (non-hydrogen) atoms. The summed E-state index contributed by atoms with van der Waals surface area (Å²) in [6.07, 6.45) is 0.121. The van der Waals surface area contributed by atoms with Gasteiger partial charge < -0.3 is 10.6 Å². The molecule has 1 unspecified atom stereocenters. The second-order valence-electron chi connectivity index (χ2n) is 6.09. The van der Waals surface area contributed by atoms with Crippen LogP contribution in [-0.2, 0) is 16.6 Å². The lowest BCUT2D eigenvalue weighted by atomic mass is 9.90. The van der Waals surface area contributed by atoms with E-state index in [0.29, 0.717) is 17.2 Å². The zero-order chi connectivity index (χ0) is 18.1. The summed E-state index contributed by atoms with van der Waals surface area (Å²) in [5.41, 5.74) is 2.91.